The summed E-state index contributed by atoms with van der Waals surface area (Å²) in [4.78, 5) is 13.5. The molecular weight excluding hydrogens is 503 g/mol. The minimum absolute atomic E-state index is 0.102. The van der Waals surface area contributed by atoms with Crippen molar-refractivity contribution in [3.63, 3.8) is 0 Å². The lowest BCUT2D eigenvalue weighted by Crippen LogP contribution is -2.51. The van der Waals surface area contributed by atoms with Crippen LogP contribution in [0.25, 0.3) is 11.8 Å². The van der Waals surface area contributed by atoms with Crippen LogP contribution >= 0.6 is 0 Å². The molecule has 0 bridgehead atoms. The summed E-state index contributed by atoms with van der Waals surface area (Å²) < 4.78 is 17.3. The van der Waals surface area contributed by atoms with Crippen molar-refractivity contribution in [2.75, 3.05) is 7.11 Å². The topological polar surface area (TPSA) is 72.9 Å². The van der Waals surface area contributed by atoms with Gasteiger partial charge in [0.05, 0.1) is 30.3 Å². The summed E-state index contributed by atoms with van der Waals surface area (Å²) >= 11 is 0. The van der Waals surface area contributed by atoms with E-state index in [4.69, 9.17) is 10.2 Å². The van der Waals surface area contributed by atoms with Crippen molar-refractivity contribution < 1.29 is 14.3 Å². The number of rotatable bonds is 4. The molecule has 212 valence electrons. The first kappa shape index (κ1) is 27.1. The molecular formula is C33H41FN4O2. The molecule has 2 aromatic heterocycles. The SMILES string of the molecule is CO.Cc1cnn(CC(=O)C2CCC3C4CCC5=Cc6c(cnn6-c6ccc(F)cc6)CC5(C)C4CCC23C)c1. The molecule has 0 spiro atoms. The number of carbonyl (C=O) groups is 1. The molecule has 7 heteroatoms. The first-order valence-corrected chi connectivity index (χ1v) is 14.8. The Balaban J connectivity index is 0.00000142. The smallest absolute Gasteiger partial charge is 0.157 e. The van der Waals surface area contributed by atoms with Gasteiger partial charge in [0.15, 0.2) is 5.78 Å². The van der Waals surface area contributed by atoms with Crippen molar-refractivity contribution in [1.82, 2.24) is 19.6 Å². The van der Waals surface area contributed by atoms with Gasteiger partial charge >= 0.3 is 0 Å². The number of aliphatic hydroxyl groups is 1. The van der Waals surface area contributed by atoms with E-state index >= 15 is 0 Å². The molecule has 6 nitrogen and oxygen atoms in total. The highest BCUT2D eigenvalue weighted by Crippen LogP contribution is 2.66. The summed E-state index contributed by atoms with van der Waals surface area (Å²) in [5, 5.41) is 16.1. The lowest BCUT2D eigenvalue weighted by molar-refractivity contribution is -0.130. The van der Waals surface area contributed by atoms with Crippen molar-refractivity contribution >= 4 is 11.9 Å². The molecule has 3 saturated carbocycles. The van der Waals surface area contributed by atoms with Gasteiger partial charge in [-0.15, -0.1) is 0 Å². The summed E-state index contributed by atoms with van der Waals surface area (Å²) in [6.45, 7) is 7.35. The van der Waals surface area contributed by atoms with Crippen molar-refractivity contribution in [2.24, 2.45) is 34.5 Å². The van der Waals surface area contributed by atoms with Crippen LogP contribution in [0, 0.1) is 47.2 Å². The molecule has 0 radical (unpaired) electrons. The van der Waals surface area contributed by atoms with Gasteiger partial charge in [-0.2, -0.15) is 10.2 Å². The summed E-state index contributed by atoms with van der Waals surface area (Å²) in [6.07, 6.45) is 16.1. The Morgan fingerprint density at radius 3 is 2.55 bits per heavy atom. The number of halogens is 1. The van der Waals surface area contributed by atoms with Gasteiger partial charge in [-0.3, -0.25) is 9.48 Å². The number of hydrogen-bond donors (Lipinski definition) is 1. The van der Waals surface area contributed by atoms with Crippen LogP contribution in [0.5, 0.6) is 0 Å². The normalized spacial score (nSPS) is 32.1. The van der Waals surface area contributed by atoms with Gasteiger partial charge in [0.1, 0.15) is 5.82 Å². The fourth-order valence-corrected chi connectivity index (χ4v) is 9.19. The molecule has 1 aromatic carbocycles. The number of aromatic nitrogens is 4. The molecule has 6 atom stereocenters. The van der Waals surface area contributed by atoms with Crippen molar-refractivity contribution in [1.29, 1.82) is 0 Å². The van der Waals surface area contributed by atoms with Crippen LogP contribution in [0.2, 0.25) is 0 Å². The molecule has 0 saturated heterocycles. The van der Waals surface area contributed by atoms with E-state index in [1.807, 2.05) is 34.9 Å². The van der Waals surface area contributed by atoms with Crippen molar-refractivity contribution in [3.8, 4) is 5.69 Å². The number of aryl methyl sites for hydroxylation is 1. The Hall–Kier alpha value is -3.06. The molecule has 40 heavy (non-hydrogen) atoms. The van der Waals surface area contributed by atoms with E-state index in [1.54, 1.807) is 17.7 Å². The van der Waals surface area contributed by atoms with E-state index in [-0.39, 0.29) is 22.6 Å². The number of fused-ring (bicyclic) bond motifs is 6. The Morgan fingerprint density at radius 2 is 1.82 bits per heavy atom. The van der Waals surface area contributed by atoms with Gasteiger partial charge in [-0.05, 0) is 122 Å². The predicted octanol–water partition coefficient (Wildman–Crippen LogP) is 6.19. The lowest BCUT2D eigenvalue weighted by atomic mass is 9.46. The monoisotopic (exact) mass is 544 g/mol. The van der Waals surface area contributed by atoms with Gasteiger partial charge < -0.3 is 5.11 Å². The maximum absolute atomic E-state index is 13.5. The number of nitrogens with zero attached hydrogens (tertiary/aromatic N) is 4. The number of Topliss-reactive ketones (excluding diaryl/α,β-unsaturated/α-hetero) is 1. The molecule has 0 amide bonds. The summed E-state index contributed by atoms with van der Waals surface area (Å²) in [5.74, 6) is 2.23. The number of ketones is 1. The third-order valence-electron chi connectivity index (χ3n) is 11.0. The number of benzene rings is 1. The third kappa shape index (κ3) is 4.20. The molecule has 2 heterocycles. The highest BCUT2D eigenvalue weighted by Gasteiger charge is 2.60. The molecule has 7 rings (SSSR count). The Labute approximate surface area is 236 Å². The second kappa shape index (κ2) is 10.1. The van der Waals surface area contributed by atoms with Crippen LogP contribution in [0.1, 0.15) is 69.2 Å². The fraction of sp³-hybridized carbons (Fsp3) is 0.545. The van der Waals surface area contributed by atoms with E-state index in [1.165, 1.54) is 37.0 Å². The molecule has 4 aliphatic carbocycles. The first-order valence-electron chi connectivity index (χ1n) is 14.8. The van der Waals surface area contributed by atoms with Gasteiger partial charge in [0, 0.05) is 19.2 Å². The Kier molecular flexibility index (Phi) is 6.84. The van der Waals surface area contributed by atoms with Gasteiger partial charge in [-0.1, -0.05) is 19.4 Å². The van der Waals surface area contributed by atoms with Crippen LogP contribution in [0.4, 0.5) is 4.39 Å². The maximum atomic E-state index is 13.5. The zero-order chi connectivity index (χ0) is 28.2. The standard InChI is InChI=1S/C32H37FN4O.CH4O/c1-20-16-34-36(18-20)19-30(38)28-11-10-26-25-9-4-22-14-29-21(15-32(22,3)27(25)12-13-31(26,28)2)17-35-37(29)24-7-5-23(33)6-8-24;1-2/h5-8,14,16-18,25-28H,4,9-13,15,19H2,1-3H3;2H,1H3. The van der Waals surface area contributed by atoms with Crippen LogP contribution < -0.4 is 0 Å². The average molecular weight is 545 g/mol. The predicted molar refractivity (Wildman–Crippen MR) is 153 cm³/mol. The third-order valence-corrected chi connectivity index (χ3v) is 11.0. The van der Waals surface area contributed by atoms with Crippen LogP contribution in [0.15, 0.2) is 48.4 Å². The molecule has 4 aliphatic rings. The fourth-order valence-electron chi connectivity index (χ4n) is 9.19. The highest BCUT2D eigenvalue weighted by atomic mass is 19.1. The number of carbonyl (C=O) groups excluding carboxylic acids is 1. The molecule has 3 fully saturated rings. The van der Waals surface area contributed by atoms with E-state index in [2.05, 4.69) is 25.0 Å². The van der Waals surface area contributed by atoms with E-state index < -0.39 is 0 Å². The van der Waals surface area contributed by atoms with Crippen LogP contribution in [0.3, 0.4) is 0 Å². The average Bonchev–Trinajstić information content (AvgIpc) is 3.64. The van der Waals surface area contributed by atoms with Crippen LogP contribution in [-0.2, 0) is 17.8 Å². The van der Waals surface area contributed by atoms with Gasteiger partial charge in [0.25, 0.3) is 0 Å². The lowest BCUT2D eigenvalue weighted by Gasteiger charge is -2.58. The largest absolute Gasteiger partial charge is 0.400 e. The summed E-state index contributed by atoms with van der Waals surface area (Å²) in [7, 11) is 1.00. The first-order chi connectivity index (χ1) is 19.3. The van der Waals surface area contributed by atoms with Crippen molar-refractivity contribution in [3.05, 3.63) is 71.1 Å². The minimum Gasteiger partial charge on any atom is -0.400 e. The quantitative estimate of drug-likeness (QED) is 0.425. The van der Waals surface area contributed by atoms with E-state index in [0.717, 1.165) is 49.7 Å². The van der Waals surface area contributed by atoms with Crippen LogP contribution in [-0.4, -0.2) is 37.6 Å². The van der Waals surface area contributed by atoms with E-state index in [9.17, 15) is 9.18 Å². The molecule has 3 aromatic rings. The molecule has 6 unspecified atom stereocenters. The molecule has 0 aliphatic heterocycles. The number of hydrogen-bond acceptors (Lipinski definition) is 4. The Bertz CT molecular complexity index is 1440. The second-order valence-electron chi connectivity index (χ2n) is 13.0. The zero-order valence-corrected chi connectivity index (χ0v) is 24.1. The van der Waals surface area contributed by atoms with Gasteiger partial charge in [-0.25, -0.2) is 9.07 Å². The number of allylic oxidation sites excluding steroid dienone is 1. The zero-order valence-electron chi connectivity index (χ0n) is 24.1. The highest BCUT2D eigenvalue weighted by molar-refractivity contribution is 5.82. The molecule has 1 N–H and O–H groups in total. The minimum atomic E-state index is -0.226. The van der Waals surface area contributed by atoms with Crippen molar-refractivity contribution in [2.45, 2.75) is 72.3 Å². The van der Waals surface area contributed by atoms with E-state index in [0.29, 0.717) is 30.1 Å². The maximum Gasteiger partial charge on any atom is 0.157 e. The second-order valence-corrected chi connectivity index (χ2v) is 13.0. The Morgan fingerprint density at radius 1 is 1.05 bits per heavy atom. The van der Waals surface area contributed by atoms with Gasteiger partial charge in [0.2, 0.25) is 0 Å². The summed E-state index contributed by atoms with van der Waals surface area (Å²) in [5.41, 5.74) is 6.26. The summed E-state index contributed by atoms with van der Waals surface area (Å²) in [6, 6.07) is 6.62. The number of aliphatic hydroxyl groups excluding tert-OH is 1.